The molecule has 0 saturated carbocycles. The van der Waals surface area contributed by atoms with Gasteiger partial charge in [-0.2, -0.15) is 0 Å². The van der Waals surface area contributed by atoms with E-state index in [2.05, 4.69) is 11.4 Å². The molecule has 0 unspecified atom stereocenters. The highest BCUT2D eigenvalue weighted by molar-refractivity contribution is 5.76. The molecule has 142 valence electrons. The zero-order chi connectivity index (χ0) is 18.6. The highest BCUT2D eigenvalue weighted by Crippen LogP contribution is 2.45. The Morgan fingerprint density at radius 3 is 2.77 bits per heavy atom. The van der Waals surface area contributed by atoms with Crippen molar-refractivity contribution in [3.05, 3.63) is 29.3 Å². The van der Waals surface area contributed by atoms with Crippen LogP contribution in [-0.2, 0) is 26.3 Å². The van der Waals surface area contributed by atoms with Gasteiger partial charge in [0.15, 0.2) is 0 Å². The Morgan fingerprint density at radius 1 is 1.31 bits per heavy atom. The van der Waals surface area contributed by atoms with Gasteiger partial charge in [-0.25, -0.2) is 0 Å². The molecule has 1 aromatic carbocycles. The molecular formula is C20H28N2O4. The topological polar surface area (TPSA) is 67.9 Å². The van der Waals surface area contributed by atoms with Gasteiger partial charge in [-0.1, -0.05) is 12.1 Å². The van der Waals surface area contributed by atoms with E-state index in [9.17, 15) is 9.59 Å². The maximum absolute atomic E-state index is 12.4. The van der Waals surface area contributed by atoms with Crippen LogP contribution in [0.5, 0.6) is 5.75 Å². The van der Waals surface area contributed by atoms with Crippen LogP contribution in [0.2, 0.25) is 0 Å². The van der Waals surface area contributed by atoms with Crippen LogP contribution in [0.15, 0.2) is 18.2 Å². The van der Waals surface area contributed by atoms with Crippen molar-refractivity contribution in [1.29, 1.82) is 0 Å². The summed E-state index contributed by atoms with van der Waals surface area (Å²) in [5, 5.41) is 2.73. The average Bonchev–Trinajstić information content (AvgIpc) is 2.65. The number of carbonyl (C=O) groups excluding carboxylic acids is 2. The first-order valence-corrected chi connectivity index (χ1v) is 9.38. The number of methoxy groups -OCH3 is 1. The van der Waals surface area contributed by atoms with E-state index in [1.165, 1.54) is 18.1 Å². The largest absolute Gasteiger partial charge is 0.496 e. The Labute approximate surface area is 154 Å². The molecule has 1 aromatic rings. The molecule has 2 aliphatic heterocycles. The normalized spacial score (nSPS) is 18.3. The second kappa shape index (κ2) is 8.08. The molecule has 1 N–H and O–H groups in total. The summed E-state index contributed by atoms with van der Waals surface area (Å²) in [7, 11) is 1.70. The molecule has 3 rings (SSSR count). The number of hydrogen-bond acceptors (Lipinski definition) is 4. The minimum atomic E-state index is -0.340. The van der Waals surface area contributed by atoms with Crippen molar-refractivity contribution in [3.63, 3.8) is 0 Å². The van der Waals surface area contributed by atoms with Crippen molar-refractivity contribution in [2.45, 2.75) is 44.6 Å². The van der Waals surface area contributed by atoms with Crippen LogP contribution in [0.3, 0.4) is 0 Å². The second-order valence-electron chi connectivity index (χ2n) is 7.05. The Bertz CT molecular complexity index is 652. The molecule has 1 spiro atoms. The number of benzene rings is 1. The average molecular weight is 360 g/mol. The number of likely N-dealkylation sites (tertiary alicyclic amines) is 1. The first-order valence-electron chi connectivity index (χ1n) is 9.38. The second-order valence-corrected chi connectivity index (χ2v) is 7.05. The van der Waals surface area contributed by atoms with Crippen LogP contribution < -0.4 is 10.1 Å². The lowest BCUT2D eigenvalue weighted by Gasteiger charge is -2.45. The van der Waals surface area contributed by atoms with Crippen LogP contribution in [0.4, 0.5) is 0 Å². The molecule has 6 heteroatoms. The van der Waals surface area contributed by atoms with E-state index in [4.69, 9.17) is 9.47 Å². The summed E-state index contributed by atoms with van der Waals surface area (Å²) in [5.74, 6) is 0.984. The third kappa shape index (κ3) is 3.85. The Hall–Kier alpha value is -2.08. The summed E-state index contributed by atoms with van der Waals surface area (Å²) in [6, 6.07) is 6.18. The van der Waals surface area contributed by atoms with E-state index in [0.717, 1.165) is 25.0 Å². The van der Waals surface area contributed by atoms with Gasteiger partial charge in [-0.05, 0) is 37.3 Å². The van der Waals surface area contributed by atoms with Gasteiger partial charge in [0.1, 0.15) is 11.4 Å². The number of piperidine rings is 1. The minimum Gasteiger partial charge on any atom is -0.496 e. The highest BCUT2D eigenvalue weighted by Gasteiger charge is 2.43. The van der Waals surface area contributed by atoms with Crippen LogP contribution in [0.1, 0.15) is 43.7 Å². The number of rotatable bonds is 5. The predicted octanol–water partition coefficient (Wildman–Crippen LogP) is 2.00. The Kier molecular flexibility index (Phi) is 5.81. The van der Waals surface area contributed by atoms with E-state index in [1.54, 1.807) is 7.11 Å². The van der Waals surface area contributed by atoms with E-state index in [-0.39, 0.29) is 17.4 Å². The van der Waals surface area contributed by atoms with Crippen LogP contribution >= 0.6 is 0 Å². The summed E-state index contributed by atoms with van der Waals surface area (Å²) in [6.45, 7) is 4.13. The number of hydrogen-bond donors (Lipinski definition) is 1. The maximum Gasteiger partial charge on any atom is 0.222 e. The number of nitrogens with one attached hydrogen (secondary N) is 1. The third-order valence-corrected chi connectivity index (χ3v) is 5.40. The predicted molar refractivity (Wildman–Crippen MR) is 98.1 cm³/mol. The number of fused-ring (bicyclic) bond motifs is 2. The molecule has 1 saturated heterocycles. The summed E-state index contributed by atoms with van der Waals surface area (Å²) >= 11 is 0. The quantitative estimate of drug-likeness (QED) is 0.816. The van der Waals surface area contributed by atoms with Crippen LogP contribution in [0, 0.1) is 0 Å². The fourth-order valence-electron chi connectivity index (χ4n) is 4.07. The van der Waals surface area contributed by atoms with Crippen LogP contribution in [0.25, 0.3) is 0 Å². The van der Waals surface area contributed by atoms with Crippen molar-refractivity contribution in [1.82, 2.24) is 10.2 Å². The molecule has 0 bridgehead atoms. The van der Waals surface area contributed by atoms with E-state index < -0.39 is 0 Å². The number of nitrogens with zero attached hydrogens (tertiary/aromatic N) is 1. The maximum atomic E-state index is 12.4. The Morgan fingerprint density at radius 2 is 2.08 bits per heavy atom. The Balaban J connectivity index is 1.62. The molecule has 0 aliphatic carbocycles. The summed E-state index contributed by atoms with van der Waals surface area (Å²) in [4.78, 5) is 25.2. The summed E-state index contributed by atoms with van der Waals surface area (Å²) < 4.78 is 11.9. The van der Waals surface area contributed by atoms with Gasteiger partial charge < -0.3 is 19.7 Å². The summed E-state index contributed by atoms with van der Waals surface area (Å²) in [6.07, 6.45) is 3.62. The van der Waals surface area contributed by atoms with Crippen molar-refractivity contribution in [2.24, 2.45) is 0 Å². The molecule has 0 atom stereocenters. The zero-order valence-corrected chi connectivity index (χ0v) is 15.7. The van der Waals surface area contributed by atoms with Gasteiger partial charge in [-0.15, -0.1) is 0 Å². The number of carbonyl (C=O) groups is 2. The van der Waals surface area contributed by atoms with E-state index >= 15 is 0 Å². The minimum absolute atomic E-state index is 0.0561. The lowest BCUT2D eigenvalue weighted by Crippen LogP contribution is -2.48. The van der Waals surface area contributed by atoms with Crippen molar-refractivity contribution in [3.8, 4) is 5.75 Å². The van der Waals surface area contributed by atoms with Crippen molar-refractivity contribution >= 4 is 11.8 Å². The van der Waals surface area contributed by atoms with Gasteiger partial charge in [0, 0.05) is 38.5 Å². The SMILES string of the molecule is COc1cccc2c1C1(CCN(C(=O)CCCNC(C)=O)CC1)OCC2. The molecule has 26 heavy (non-hydrogen) atoms. The molecule has 6 nitrogen and oxygen atoms in total. The molecular weight excluding hydrogens is 332 g/mol. The van der Waals surface area contributed by atoms with Crippen molar-refractivity contribution < 1.29 is 19.1 Å². The smallest absolute Gasteiger partial charge is 0.222 e. The van der Waals surface area contributed by atoms with Crippen molar-refractivity contribution in [2.75, 3.05) is 33.4 Å². The molecule has 0 radical (unpaired) electrons. The fraction of sp³-hybridized carbons (Fsp3) is 0.600. The van der Waals surface area contributed by atoms with Gasteiger partial charge in [-0.3, -0.25) is 9.59 Å². The van der Waals surface area contributed by atoms with Crippen LogP contribution in [-0.4, -0.2) is 50.1 Å². The third-order valence-electron chi connectivity index (χ3n) is 5.40. The lowest BCUT2D eigenvalue weighted by atomic mass is 9.78. The van der Waals surface area contributed by atoms with E-state index in [1.807, 2.05) is 17.0 Å². The molecule has 0 aromatic heterocycles. The monoisotopic (exact) mass is 360 g/mol. The van der Waals surface area contributed by atoms with Gasteiger partial charge in [0.25, 0.3) is 0 Å². The standard InChI is InChI=1S/C20H28N2O4/c1-15(23)21-11-4-7-18(24)22-12-9-20(10-13-22)19-16(8-14-26-20)5-3-6-17(19)25-2/h3,5-6H,4,7-14H2,1-2H3,(H,21,23). The first kappa shape index (κ1) is 18.7. The summed E-state index contributed by atoms with van der Waals surface area (Å²) in [5.41, 5.74) is 2.13. The first-order chi connectivity index (χ1) is 12.6. The molecule has 2 heterocycles. The zero-order valence-electron chi connectivity index (χ0n) is 15.7. The van der Waals surface area contributed by atoms with Gasteiger partial charge in [0.2, 0.25) is 11.8 Å². The lowest BCUT2D eigenvalue weighted by molar-refractivity contribution is -0.141. The number of amides is 2. The molecule has 1 fully saturated rings. The highest BCUT2D eigenvalue weighted by atomic mass is 16.5. The fourth-order valence-corrected chi connectivity index (χ4v) is 4.07. The molecule has 2 amide bonds. The van der Waals surface area contributed by atoms with E-state index in [0.29, 0.717) is 39.1 Å². The van der Waals surface area contributed by atoms with Gasteiger partial charge >= 0.3 is 0 Å². The number of ether oxygens (including phenoxy) is 2. The molecule has 2 aliphatic rings. The van der Waals surface area contributed by atoms with Gasteiger partial charge in [0.05, 0.1) is 13.7 Å².